The molecule has 1 atom stereocenters. The Bertz CT molecular complexity index is 547. The number of halogens is 2. The molecule has 6 heteroatoms. The molecule has 1 saturated heterocycles. The minimum atomic E-state index is -3.57. The lowest BCUT2D eigenvalue weighted by Crippen LogP contribution is -2.35. The van der Waals surface area contributed by atoms with Gasteiger partial charge in [0.15, 0.2) is 0 Å². The summed E-state index contributed by atoms with van der Waals surface area (Å²) >= 11 is 3.02. The monoisotopic (exact) mass is 335 g/mol. The zero-order chi connectivity index (χ0) is 13.3. The molecule has 0 N–H and O–H groups in total. The van der Waals surface area contributed by atoms with Gasteiger partial charge in [0.1, 0.15) is 5.82 Å². The molecule has 0 radical (unpaired) electrons. The first-order valence-electron chi connectivity index (χ1n) is 5.93. The standard InChI is InChI=1S/C12H15BrFNO2S/c1-2-9-4-3-7-15(9)18(16,17)10-5-6-11(13)12(14)8-10/h5-6,8-9H,2-4,7H2,1H3. The van der Waals surface area contributed by atoms with Gasteiger partial charge in [-0.3, -0.25) is 0 Å². The maximum absolute atomic E-state index is 13.4. The minimum Gasteiger partial charge on any atom is -0.207 e. The first-order chi connectivity index (χ1) is 8.46. The quantitative estimate of drug-likeness (QED) is 0.850. The van der Waals surface area contributed by atoms with E-state index in [-0.39, 0.29) is 15.4 Å². The van der Waals surface area contributed by atoms with E-state index in [9.17, 15) is 12.8 Å². The third kappa shape index (κ3) is 2.46. The summed E-state index contributed by atoms with van der Waals surface area (Å²) < 4.78 is 40.0. The van der Waals surface area contributed by atoms with E-state index < -0.39 is 15.8 Å². The third-order valence-electron chi connectivity index (χ3n) is 3.29. The van der Waals surface area contributed by atoms with Crippen LogP contribution in [-0.4, -0.2) is 25.3 Å². The first-order valence-corrected chi connectivity index (χ1v) is 8.17. The highest BCUT2D eigenvalue weighted by Crippen LogP contribution is 2.29. The van der Waals surface area contributed by atoms with Crippen LogP contribution < -0.4 is 0 Å². The lowest BCUT2D eigenvalue weighted by atomic mass is 10.2. The highest BCUT2D eigenvalue weighted by atomic mass is 79.9. The van der Waals surface area contributed by atoms with Crippen LogP contribution in [0.1, 0.15) is 26.2 Å². The molecule has 0 aliphatic carbocycles. The molecular formula is C12H15BrFNO2S. The van der Waals surface area contributed by atoms with Crippen LogP contribution in [0.5, 0.6) is 0 Å². The van der Waals surface area contributed by atoms with E-state index in [2.05, 4.69) is 15.9 Å². The van der Waals surface area contributed by atoms with Crippen molar-refractivity contribution in [3.63, 3.8) is 0 Å². The van der Waals surface area contributed by atoms with Crippen LogP contribution in [0.2, 0.25) is 0 Å². The molecule has 1 aromatic rings. The normalized spacial score (nSPS) is 21.4. The predicted octanol–water partition coefficient (Wildman–Crippen LogP) is 3.15. The SMILES string of the molecule is CCC1CCCN1S(=O)(=O)c1ccc(Br)c(F)c1. The van der Waals surface area contributed by atoms with Gasteiger partial charge in [0.05, 0.1) is 9.37 Å². The van der Waals surface area contributed by atoms with E-state index in [0.717, 1.165) is 25.3 Å². The molecule has 2 rings (SSSR count). The van der Waals surface area contributed by atoms with Crippen molar-refractivity contribution >= 4 is 26.0 Å². The molecule has 1 heterocycles. The van der Waals surface area contributed by atoms with Gasteiger partial charge in [0.2, 0.25) is 10.0 Å². The van der Waals surface area contributed by atoms with E-state index in [1.54, 1.807) is 0 Å². The van der Waals surface area contributed by atoms with E-state index in [0.29, 0.717) is 6.54 Å². The average Bonchev–Trinajstić information content (AvgIpc) is 2.81. The molecule has 1 aliphatic heterocycles. The predicted molar refractivity (Wildman–Crippen MR) is 71.3 cm³/mol. The average molecular weight is 336 g/mol. The summed E-state index contributed by atoms with van der Waals surface area (Å²) in [6.07, 6.45) is 2.55. The highest BCUT2D eigenvalue weighted by Gasteiger charge is 2.34. The molecule has 1 fully saturated rings. The van der Waals surface area contributed by atoms with Gasteiger partial charge < -0.3 is 0 Å². The molecule has 18 heavy (non-hydrogen) atoms. The first kappa shape index (κ1) is 14.0. The second-order valence-electron chi connectivity index (χ2n) is 4.40. The van der Waals surface area contributed by atoms with Crippen LogP contribution in [0.3, 0.4) is 0 Å². The van der Waals surface area contributed by atoms with Gasteiger partial charge in [-0.2, -0.15) is 4.31 Å². The number of rotatable bonds is 3. The van der Waals surface area contributed by atoms with E-state index in [4.69, 9.17) is 0 Å². The van der Waals surface area contributed by atoms with Gasteiger partial charge in [0.25, 0.3) is 0 Å². The van der Waals surface area contributed by atoms with Crippen LogP contribution in [0.4, 0.5) is 4.39 Å². The maximum atomic E-state index is 13.4. The number of hydrogen-bond acceptors (Lipinski definition) is 2. The summed E-state index contributed by atoms with van der Waals surface area (Å²) in [5, 5.41) is 0. The molecule has 1 aliphatic rings. The Balaban J connectivity index is 2.38. The van der Waals surface area contributed by atoms with Crippen LogP contribution in [0.15, 0.2) is 27.6 Å². The summed E-state index contributed by atoms with van der Waals surface area (Å²) in [5.41, 5.74) is 0. The van der Waals surface area contributed by atoms with Crippen LogP contribution in [-0.2, 0) is 10.0 Å². The van der Waals surface area contributed by atoms with Crippen molar-refractivity contribution in [3.05, 3.63) is 28.5 Å². The molecule has 0 spiro atoms. The molecule has 1 unspecified atom stereocenters. The van der Waals surface area contributed by atoms with E-state index in [1.807, 2.05) is 6.92 Å². The highest BCUT2D eigenvalue weighted by molar-refractivity contribution is 9.10. The largest absolute Gasteiger partial charge is 0.243 e. The number of benzene rings is 1. The Morgan fingerprint density at radius 2 is 2.22 bits per heavy atom. The van der Waals surface area contributed by atoms with Crippen molar-refractivity contribution in [1.82, 2.24) is 4.31 Å². The number of hydrogen-bond donors (Lipinski definition) is 0. The van der Waals surface area contributed by atoms with E-state index in [1.165, 1.54) is 16.4 Å². The minimum absolute atomic E-state index is 0.0311. The molecule has 100 valence electrons. The summed E-state index contributed by atoms with van der Waals surface area (Å²) in [5.74, 6) is -0.552. The van der Waals surface area contributed by atoms with Crippen molar-refractivity contribution in [1.29, 1.82) is 0 Å². The second kappa shape index (κ2) is 5.27. The summed E-state index contributed by atoms with van der Waals surface area (Å²) in [6, 6.07) is 3.98. The second-order valence-corrected chi connectivity index (χ2v) is 7.14. The Morgan fingerprint density at radius 1 is 1.50 bits per heavy atom. The Labute approximate surface area is 115 Å². The molecule has 0 bridgehead atoms. The molecule has 3 nitrogen and oxygen atoms in total. The summed E-state index contributed by atoms with van der Waals surface area (Å²) in [6.45, 7) is 2.50. The van der Waals surface area contributed by atoms with Crippen LogP contribution in [0, 0.1) is 5.82 Å². The molecule has 0 aromatic heterocycles. The number of nitrogens with zero attached hydrogens (tertiary/aromatic N) is 1. The summed E-state index contributed by atoms with van der Waals surface area (Å²) in [4.78, 5) is 0.0311. The topological polar surface area (TPSA) is 37.4 Å². The molecular weight excluding hydrogens is 321 g/mol. The van der Waals surface area contributed by atoms with E-state index >= 15 is 0 Å². The van der Waals surface area contributed by atoms with Gasteiger partial charge in [-0.25, -0.2) is 12.8 Å². The zero-order valence-corrected chi connectivity index (χ0v) is 12.5. The molecule has 0 saturated carbocycles. The Hall–Kier alpha value is -0.460. The number of sulfonamides is 1. The summed E-state index contributed by atoms with van der Waals surface area (Å²) in [7, 11) is -3.57. The van der Waals surface area contributed by atoms with Gasteiger partial charge in [0, 0.05) is 12.6 Å². The van der Waals surface area contributed by atoms with Crippen LogP contribution in [0.25, 0.3) is 0 Å². The van der Waals surface area contributed by atoms with Crippen molar-refractivity contribution in [2.75, 3.05) is 6.54 Å². The fraction of sp³-hybridized carbons (Fsp3) is 0.500. The van der Waals surface area contributed by atoms with Gasteiger partial charge in [-0.15, -0.1) is 0 Å². The van der Waals surface area contributed by atoms with Crippen molar-refractivity contribution in [2.24, 2.45) is 0 Å². The van der Waals surface area contributed by atoms with Crippen molar-refractivity contribution in [2.45, 2.75) is 37.1 Å². The molecule has 1 aromatic carbocycles. The van der Waals surface area contributed by atoms with Gasteiger partial charge in [-0.05, 0) is 53.4 Å². The fourth-order valence-electron chi connectivity index (χ4n) is 2.31. The smallest absolute Gasteiger partial charge is 0.207 e. The van der Waals surface area contributed by atoms with Crippen LogP contribution >= 0.6 is 15.9 Å². The fourth-order valence-corrected chi connectivity index (χ4v) is 4.33. The molecule has 0 amide bonds. The maximum Gasteiger partial charge on any atom is 0.243 e. The third-order valence-corrected chi connectivity index (χ3v) is 5.88. The van der Waals surface area contributed by atoms with Crippen molar-refractivity contribution < 1.29 is 12.8 Å². The van der Waals surface area contributed by atoms with Gasteiger partial charge >= 0.3 is 0 Å². The Morgan fingerprint density at radius 3 is 2.83 bits per heavy atom. The lowest BCUT2D eigenvalue weighted by Gasteiger charge is -2.23. The van der Waals surface area contributed by atoms with Gasteiger partial charge in [-0.1, -0.05) is 6.92 Å². The zero-order valence-electron chi connectivity index (χ0n) is 10.1. The lowest BCUT2D eigenvalue weighted by molar-refractivity contribution is 0.379. The Kier molecular flexibility index (Phi) is 4.08. The van der Waals surface area contributed by atoms with Crippen molar-refractivity contribution in [3.8, 4) is 0 Å².